The Morgan fingerprint density at radius 3 is 2.60 bits per heavy atom. The number of benzene rings is 1. The summed E-state index contributed by atoms with van der Waals surface area (Å²) in [6.07, 6.45) is -4.12. The standard InChI is InChI=1S/C19H22F3N3O5/c1-11-23-18(19(20,21)22,17(27)25(11)10-13-5-4-8-30-13)24-16(26)12-6-7-14(28-2)15(9-12)29-3/h6-7,9,13H,4-5,8,10H2,1-3H3,(H,24,26). The third-order valence-corrected chi connectivity index (χ3v) is 5.04. The van der Waals surface area contributed by atoms with Crippen molar-refractivity contribution in [1.82, 2.24) is 10.2 Å². The zero-order valence-corrected chi connectivity index (χ0v) is 16.7. The monoisotopic (exact) mass is 429 g/mol. The fourth-order valence-corrected chi connectivity index (χ4v) is 3.45. The van der Waals surface area contributed by atoms with Gasteiger partial charge < -0.3 is 19.5 Å². The average molecular weight is 429 g/mol. The molecular formula is C19H22F3N3O5. The number of methoxy groups -OCH3 is 2. The molecule has 1 fully saturated rings. The van der Waals surface area contributed by atoms with Crippen LogP contribution >= 0.6 is 0 Å². The lowest BCUT2D eigenvalue weighted by Gasteiger charge is -2.29. The Morgan fingerprint density at radius 2 is 2.03 bits per heavy atom. The lowest BCUT2D eigenvalue weighted by atomic mass is 10.1. The lowest BCUT2D eigenvalue weighted by molar-refractivity contribution is -0.196. The number of amides is 2. The predicted molar refractivity (Wildman–Crippen MR) is 99.6 cm³/mol. The minimum absolute atomic E-state index is 0.0573. The van der Waals surface area contributed by atoms with Crippen LogP contribution in [0.15, 0.2) is 23.2 Å². The number of rotatable bonds is 6. The van der Waals surface area contributed by atoms with E-state index in [-0.39, 0.29) is 29.8 Å². The first-order valence-electron chi connectivity index (χ1n) is 9.24. The molecule has 2 heterocycles. The summed E-state index contributed by atoms with van der Waals surface area (Å²) in [6.45, 7) is 1.73. The molecule has 1 saturated heterocycles. The van der Waals surface area contributed by atoms with Crippen LogP contribution in [0, 0.1) is 0 Å². The first kappa shape index (κ1) is 21.9. The molecule has 0 bridgehead atoms. The average Bonchev–Trinajstić information content (AvgIpc) is 3.30. The molecule has 11 heteroatoms. The maximum atomic E-state index is 14.0. The molecule has 1 aromatic rings. The van der Waals surface area contributed by atoms with Gasteiger partial charge in [0.05, 0.1) is 26.9 Å². The Kier molecular flexibility index (Phi) is 5.93. The van der Waals surface area contributed by atoms with Gasteiger partial charge >= 0.3 is 11.8 Å². The van der Waals surface area contributed by atoms with Gasteiger partial charge in [0.15, 0.2) is 11.5 Å². The fourth-order valence-electron chi connectivity index (χ4n) is 3.45. The Hall–Kier alpha value is -2.82. The van der Waals surface area contributed by atoms with Crippen LogP contribution < -0.4 is 14.8 Å². The molecule has 2 amide bonds. The summed E-state index contributed by atoms with van der Waals surface area (Å²) >= 11 is 0. The van der Waals surface area contributed by atoms with Crippen LogP contribution in [0.5, 0.6) is 11.5 Å². The van der Waals surface area contributed by atoms with Crippen molar-refractivity contribution >= 4 is 17.6 Å². The minimum atomic E-state index is -5.15. The minimum Gasteiger partial charge on any atom is -0.493 e. The number of halogens is 3. The van der Waals surface area contributed by atoms with E-state index in [1.807, 2.05) is 0 Å². The lowest BCUT2D eigenvalue weighted by Crippen LogP contribution is -2.63. The molecular weight excluding hydrogens is 407 g/mol. The second-order valence-electron chi connectivity index (χ2n) is 6.94. The Morgan fingerprint density at radius 1 is 1.33 bits per heavy atom. The van der Waals surface area contributed by atoms with Crippen LogP contribution in [0.1, 0.15) is 30.1 Å². The van der Waals surface area contributed by atoms with E-state index in [1.165, 1.54) is 39.3 Å². The Balaban J connectivity index is 1.89. The second-order valence-corrected chi connectivity index (χ2v) is 6.94. The number of nitrogens with zero attached hydrogens (tertiary/aromatic N) is 2. The molecule has 0 aromatic heterocycles. The van der Waals surface area contributed by atoms with Crippen molar-refractivity contribution in [2.45, 2.75) is 37.7 Å². The molecule has 0 aliphatic carbocycles. The van der Waals surface area contributed by atoms with Crippen LogP contribution in [-0.2, 0) is 9.53 Å². The van der Waals surface area contributed by atoms with Gasteiger partial charge in [-0.15, -0.1) is 0 Å². The molecule has 1 N–H and O–H groups in total. The molecule has 2 atom stereocenters. The summed E-state index contributed by atoms with van der Waals surface area (Å²) in [4.78, 5) is 30.0. The van der Waals surface area contributed by atoms with Crippen molar-refractivity contribution in [2.24, 2.45) is 4.99 Å². The third-order valence-electron chi connectivity index (χ3n) is 5.04. The van der Waals surface area contributed by atoms with Gasteiger partial charge in [-0.1, -0.05) is 0 Å². The van der Waals surface area contributed by atoms with Crippen molar-refractivity contribution in [3.05, 3.63) is 23.8 Å². The van der Waals surface area contributed by atoms with E-state index in [1.54, 1.807) is 5.32 Å². The number of nitrogens with one attached hydrogen (secondary N) is 1. The van der Waals surface area contributed by atoms with E-state index in [2.05, 4.69) is 4.99 Å². The van der Waals surface area contributed by atoms with E-state index in [4.69, 9.17) is 14.2 Å². The number of carbonyl (C=O) groups excluding carboxylic acids is 2. The number of hydrogen-bond acceptors (Lipinski definition) is 6. The number of amidine groups is 1. The summed E-state index contributed by atoms with van der Waals surface area (Å²) < 4.78 is 57.6. The van der Waals surface area contributed by atoms with E-state index in [9.17, 15) is 22.8 Å². The van der Waals surface area contributed by atoms with Crippen LogP contribution in [0.2, 0.25) is 0 Å². The number of carbonyl (C=O) groups is 2. The highest BCUT2D eigenvalue weighted by atomic mass is 19.4. The summed E-state index contributed by atoms with van der Waals surface area (Å²) in [7, 11) is 2.71. The van der Waals surface area contributed by atoms with Gasteiger partial charge in [0.1, 0.15) is 5.84 Å². The van der Waals surface area contributed by atoms with E-state index >= 15 is 0 Å². The summed E-state index contributed by atoms with van der Waals surface area (Å²) in [5, 5.41) is 1.79. The van der Waals surface area contributed by atoms with Crippen LogP contribution in [0.4, 0.5) is 13.2 Å². The van der Waals surface area contributed by atoms with Crippen LogP contribution in [0.25, 0.3) is 0 Å². The molecule has 2 aliphatic rings. The highest BCUT2D eigenvalue weighted by Crippen LogP contribution is 2.38. The predicted octanol–water partition coefficient (Wildman–Crippen LogP) is 2.13. The van der Waals surface area contributed by atoms with E-state index < -0.39 is 23.7 Å². The smallest absolute Gasteiger partial charge is 0.442 e. The molecule has 2 aliphatic heterocycles. The zero-order valence-electron chi connectivity index (χ0n) is 16.7. The molecule has 3 rings (SSSR count). The first-order valence-corrected chi connectivity index (χ1v) is 9.24. The maximum absolute atomic E-state index is 14.0. The molecule has 2 unspecified atom stereocenters. The van der Waals surface area contributed by atoms with Crippen molar-refractivity contribution in [3.8, 4) is 11.5 Å². The normalized spacial score (nSPS) is 24.1. The summed E-state index contributed by atoms with van der Waals surface area (Å²) in [5.41, 5.74) is -3.55. The highest BCUT2D eigenvalue weighted by molar-refractivity contribution is 6.10. The van der Waals surface area contributed by atoms with Crippen LogP contribution in [-0.4, -0.2) is 67.9 Å². The SMILES string of the molecule is COc1ccc(C(=O)NC2(C(F)(F)F)N=C(C)N(CC3CCCO3)C2=O)cc1OC. The molecule has 8 nitrogen and oxygen atoms in total. The fraction of sp³-hybridized carbons (Fsp3) is 0.526. The number of hydrogen-bond donors (Lipinski definition) is 1. The van der Waals surface area contributed by atoms with Crippen molar-refractivity contribution in [2.75, 3.05) is 27.4 Å². The van der Waals surface area contributed by atoms with E-state index in [0.717, 1.165) is 11.3 Å². The zero-order chi connectivity index (χ0) is 22.1. The third kappa shape index (κ3) is 3.81. The van der Waals surface area contributed by atoms with Gasteiger partial charge in [-0.05, 0) is 38.0 Å². The molecule has 0 saturated carbocycles. The molecule has 30 heavy (non-hydrogen) atoms. The quantitative estimate of drug-likeness (QED) is 0.749. The van der Waals surface area contributed by atoms with E-state index in [0.29, 0.717) is 18.8 Å². The summed E-state index contributed by atoms with van der Waals surface area (Å²) in [6, 6.07) is 3.86. The van der Waals surface area contributed by atoms with Gasteiger partial charge in [0.25, 0.3) is 11.8 Å². The summed E-state index contributed by atoms with van der Waals surface area (Å²) in [5.74, 6) is -2.17. The largest absolute Gasteiger partial charge is 0.493 e. The number of ether oxygens (including phenoxy) is 3. The molecule has 164 valence electrons. The second kappa shape index (κ2) is 8.13. The number of aliphatic imine (C=N–C) groups is 1. The van der Waals surface area contributed by atoms with Gasteiger partial charge in [-0.3, -0.25) is 14.5 Å². The highest BCUT2D eigenvalue weighted by Gasteiger charge is 2.66. The Bertz CT molecular complexity index is 867. The van der Waals surface area contributed by atoms with Crippen molar-refractivity contribution < 1.29 is 37.0 Å². The van der Waals surface area contributed by atoms with Gasteiger partial charge in [0, 0.05) is 12.2 Å². The Labute approximate surface area is 171 Å². The molecule has 0 radical (unpaired) electrons. The van der Waals surface area contributed by atoms with Gasteiger partial charge in [-0.2, -0.15) is 13.2 Å². The van der Waals surface area contributed by atoms with Gasteiger partial charge in [-0.25, -0.2) is 4.99 Å². The van der Waals surface area contributed by atoms with Crippen molar-refractivity contribution in [3.63, 3.8) is 0 Å². The van der Waals surface area contributed by atoms with Crippen LogP contribution in [0.3, 0.4) is 0 Å². The molecule has 1 aromatic carbocycles. The topological polar surface area (TPSA) is 89.5 Å². The number of alkyl halides is 3. The van der Waals surface area contributed by atoms with Crippen molar-refractivity contribution in [1.29, 1.82) is 0 Å². The first-order chi connectivity index (χ1) is 14.1. The molecule has 0 spiro atoms. The maximum Gasteiger partial charge on any atom is 0.442 e. The van der Waals surface area contributed by atoms with Gasteiger partial charge in [0.2, 0.25) is 0 Å².